The second kappa shape index (κ2) is 8.57. The molecule has 2 aliphatic rings. The Morgan fingerprint density at radius 1 is 1.25 bits per heavy atom. The van der Waals surface area contributed by atoms with E-state index in [1.807, 2.05) is 16.5 Å². The van der Waals surface area contributed by atoms with Gasteiger partial charge in [0.1, 0.15) is 22.5 Å². The zero-order valence-electron chi connectivity index (χ0n) is 20.7. The van der Waals surface area contributed by atoms with Crippen LogP contribution in [0.4, 0.5) is 20.9 Å². The van der Waals surface area contributed by atoms with Gasteiger partial charge in [-0.15, -0.1) is 0 Å². The summed E-state index contributed by atoms with van der Waals surface area (Å²) in [6, 6.07) is 12.8. The highest BCUT2D eigenvalue weighted by atomic mass is 32.1. The SMILES string of the molecule is CCc1nn2c(C)cc(N3CC4(CCNC4)C3)cc2c1N(C)c1nc(-c2ccc(F)cc2)c(C#N)s1. The smallest absolute Gasteiger partial charge is 0.191 e. The minimum Gasteiger partial charge on any atom is -0.370 e. The lowest BCUT2D eigenvalue weighted by Gasteiger charge is -2.49. The van der Waals surface area contributed by atoms with Crippen molar-refractivity contribution in [2.24, 2.45) is 5.41 Å². The van der Waals surface area contributed by atoms with Crippen LogP contribution in [0, 0.1) is 29.5 Å². The van der Waals surface area contributed by atoms with E-state index in [2.05, 4.69) is 42.3 Å². The maximum absolute atomic E-state index is 13.5. The summed E-state index contributed by atoms with van der Waals surface area (Å²) in [5.74, 6) is -0.313. The molecule has 0 unspecified atom stereocenters. The van der Waals surface area contributed by atoms with Crippen LogP contribution in [0.5, 0.6) is 0 Å². The summed E-state index contributed by atoms with van der Waals surface area (Å²) in [6.45, 7) is 8.58. The van der Waals surface area contributed by atoms with Crippen molar-refractivity contribution in [3.63, 3.8) is 0 Å². The molecule has 36 heavy (non-hydrogen) atoms. The molecule has 1 aromatic carbocycles. The lowest BCUT2D eigenvalue weighted by atomic mass is 9.79. The van der Waals surface area contributed by atoms with E-state index >= 15 is 0 Å². The fourth-order valence-electron chi connectivity index (χ4n) is 5.55. The molecule has 0 aliphatic carbocycles. The number of hydrogen-bond acceptors (Lipinski definition) is 7. The normalized spacial score (nSPS) is 16.5. The summed E-state index contributed by atoms with van der Waals surface area (Å²) >= 11 is 1.34. The van der Waals surface area contributed by atoms with Crippen LogP contribution in [-0.4, -0.2) is 47.8 Å². The third-order valence-electron chi connectivity index (χ3n) is 7.48. The van der Waals surface area contributed by atoms with E-state index in [-0.39, 0.29) is 5.82 Å². The van der Waals surface area contributed by atoms with Crippen LogP contribution in [0.1, 0.15) is 29.6 Å². The Morgan fingerprint density at radius 3 is 2.69 bits per heavy atom. The highest BCUT2D eigenvalue weighted by Crippen LogP contribution is 2.42. The van der Waals surface area contributed by atoms with Crippen LogP contribution in [0.2, 0.25) is 0 Å². The first-order valence-electron chi connectivity index (χ1n) is 12.3. The van der Waals surface area contributed by atoms with E-state index in [0.29, 0.717) is 21.1 Å². The molecule has 0 amide bonds. The molecule has 4 aromatic rings. The Hall–Kier alpha value is -3.48. The number of aromatic nitrogens is 3. The molecule has 2 saturated heterocycles. The number of rotatable bonds is 5. The number of aryl methyl sites for hydroxylation is 2. The van der Waals surface area contributed by atoms with Crippen LogP contribution in [0.25, 0.3) is 16.8 Å². The van der Waals surface area contributed by atoms with Crippen LogP contribution in [0.3, 0.4) is 0 Å². The van der Waals surface area contributed by atoms with Gasteiger partial charge in [-0.1, -0.05) is 18.3 Å². The minimum atomic E-state index is -0.313. The summed E-state index contributed by atoms with van der Waals surface area (Å²) in [6.07, 6.45) is 2.02. The number of nitrogens with one attached hydrogen (secondary N) is 1. The van der Waals surface area contributed by atoms with Crippen molar-refractivity contribution in [3.8, 4) is 17.3 Å². The number of thiazole rings is 1. The summed E-state index contributed by atoms with van der Waals surface area (Å²) in [7, 11) is 1.98. The van der Waals surface area contributed by atoms with Gasteiger partial charge >= 0.3 is 0 Å². The number of fused-ring (bicyclic) bond motifs is 1. The van der Waals surface area contributed by atoms with Gasteiger partial charge in [-0.3, -0.25) is 0 Å². The second-order valence-electron chi connectivity index (χ2n) is 9.94. The first-order valence-corrected chi connectivity index (χ1v) is 13.1. The molecule has 0 bridgehead atoms. The van der Waals surface area contributed by atoms with Crippen molar-refractivity contribution in [2.45, 2.75) is 26.7 Å². The molecule has 0 saturated carbocycles. The first-order chi connectivity index (χ1) is 17.4. The lowest BCUT2D eigenvalue weighted by molar-refractivity contribution is 0.243. The summed E-state index contributed by atoms with van der Waals surface area (Å²) in [5, 5.41) is 18.9. The van der Waals surface area contributed by atoms with Gasteiger partial charge in [0.05, 0.1) is 16.9 Å². The zero-order valence-corrected chi connectivity index (χ0v) is 21.5. The maximum Gasteiger partial charge on any atom is 0.191 e. The van der Waals surface area contributed by atoms with Gasteiger partial charge < -0.3 is 15.1 Å². The number of hydrogen-bond donors (Lipinski definition) is 1. The molecule has 6 rings (SSSR count). The van der Waals surface area contributed by atoms with Crippen LogP contribution in [0.15, 0.2) is 36.4 Å². The van der Waals surface area contributed by atoms with E-state index in [1.165, 1.54) is 35.6 Å². The Balaban J connectivity index is 1.40. The van der Waals surface area contributed by atoms with E-state index in [0.717, 1.165) is 60.8 Å². The topological polar surface area (TPSA) is 72.5 Å². The predicted octanol–water partition coefficient (Wildman–Crippen LogP) is 4.91. The largest absolute Gasteiger partial charge is 0.370 e. The average molecular weight is 502 g/mol. The summed E-state index contributed by atoms with van der Waals surface area (Å²) in [4.78, 5) is 9.83. The monoisotopic (exact) mass is 501 g/mol. The molecule has 2 aliphatic heterocycles. The number of benzene rings is 1. The molecule has 0 atom stereocenters. The molecule has 7 nitrogen and oxygen atoms in total. The molecule has 184 valence electrons. The number of nitrogens with zero attached hydrogens (tertiary/aromatic N) is 6. The molecule has 1 spiro atoms. The van der Waals surface area contributed by atoms with E-state index in [4.69, 9.17) is 10.1 Å². The van der Waals surface area contributed by atoms with Crippen molar-refractivity contribution in [1.29, 1.82) is 5.26 Å². The first kappa shape index (κ1) is 23.0. The van der Waals surface area contributed by atoms with E-state index in [1.54, 1.807) is 12.1 Å². The predicted molar refractivity (Wildman–Crippen MR) is 142 cm³/mol. The minimum absolute atomic E-state index is 0.313. The molecule has 0 radical (unpaired) electrons. The fourth-order valence-corrected chi connectivity index (χ4v) is 6.40. The third-order valence-corrected chi connectivity index (χ3v) is 8.52. The lowest BCUT2D eigenvalue weighted by Crippen LogP contribution is -2.57. The van der Waals surface area contributed by atoms with Gasteiger partial charge in [0.2, 0.25) is 0 Å². The highest BCUT2D eigenvalue weighted by molar-refractivity contribution is 7.16. The van der Waals surface area contributed by atoms with Gasteiger partial charge in [0.15, 0.2) is 5.13 Å². The van der Waals surface area contributed by atoms with Crippen molar-refractivity contribution in [1.82, 2.24) is 19.9 Å². The standard InChI is InChI=1S/C27H28FN7S/c1-4-21-25(33(3)26-31-24(23(13-29)36-26)18-5-7-19(28)8-6-18)22-12-20(11-17(2)35(22)32-21)34-15-27(16-34)9-10-30-14-27/h5-8,11-12,30H,4,9-10,14-16H2,1-3H3. The van der Waals surface area contributed by atoms with Gasteiger partial charge in [0, 0.05) is 49.0 Å². The summed E-state index contributed by atoms with van der Waals surface area (Å²) in [5.41, 5.74) is 7.05. The summed E-state index contributed by atoms with van der Waals surface area (Å²) < 4.78 is 15.5. The van der Waals surface area contributed by atoms with Crippen LogP contribution < -0.4 is 15.1 Å². The van der Waals surface area contributed by atoms with Gasteiger partial charge in [-0.2, -0.15) is 10.4 Å². The molecular weight excluding hydrogens is 473 g/mol. The van der Waals surface area contributed by atoms with Gasteiger partial charge in [0.25, 0.3) is 0 Å². The van der Waals surface area contributed by atoms with Crippen LogP contribution in [-0.2, 0) is 6.42 Å². The molecule has 2 fully saturated rings. The van der Waals surface area contributed by atoms with Crippen molar-refractivity contribution >= 4 is 33.4 Å². The van der Waals surface area contributed by atoms with Crippen molar-refractivity contribution in [3.05, 3.63) is 58.5 Å². The number of nitriles is 1. The molecule has 5 heterocycles. The molecular formula is C27H28FN7S. The Kier molecular flexibility index (Phi) is 5.47. The second-order valence-corrected chi connectivity index (χ2v) is 10.9. The van der Waals surface area contributed by atoms with Crippen molar-refractivity contribution in [2.75, 3.05) is 43.0 Å². The fraction of sp³-hybridized carbons (Fsp3) is 0.370. The third kappa shape index (κ3) is 3.64. The molecule has 9 heteroatoms. The number of pyridine rings is 1. The Morgan fingerprint density at radius 2 is 2.03 bits per heavy atom. The molecule has 3 aromatic heterocycles. The van der Waals surface area contributed by atoms with E-state index in [9.17, 15) is 9.65 Å². The van der Waals surface area contributed by atoms with Gasteiger partial charge in [-0.25, -0.2) is 13.9 Å². The maximum atomic E-state index is 13.5. The number of anilines is 3. The highest BCUT2D eigenvalue weighted by Gasteiger charge is 2.45. The van der Waals surface area contributed by atoms with E-state index < -0.39 is 0 Å². The Bertz CT molecular complexity index is 1480. The number of halogens is 1. The van der Waals surface area contributed by atoms with Gasteiger partial charge in [-0.05, 0) is 62.7 Å². The quantitative estimate of drug-likeness (QED) is 0.419. The average Bonchev–Trinajstić information content (AvgIpc) is 3.59. The zero-order chi connectivity index (χ0) is 25.0. The molecule has 1 N–H and O–H groups in total. The Labute approximate surface area is 213 Å². The van der Waals surface area contributed by atoms with Crippen molar-refractivity contribution < 1.29 is 4.39 Å². The van der Waals surface area contributed by atoms with Crippen LogP contribution >= 0.6 is 11.3 Å².